The van der Waals surface area contributed by atoms with Crippen LogP contribution in [-0.2, 0) is 6.42 Å². The molecule has 9 rings (SSSR count). The lowest BCUT2D eigenvalue weighted by Gasteiger charge is -2.29. The van der Waals surface area contributed by atoms with E-state index >= 15 is 0 Å². The first kappa shape index (κ1) is 35.1. The third-order valence-electron chi connectivity index (χ3n) is 11.3. The second kappa shape index (κ2) is 16.0. The summed E-state index contributed by atoms with van der Waals surface area (Å²) in [7, 11) is 0. The van der Waals surface area contributed by atoms with Crippen LogP contribution in [0.2, 0.25) is 0 Å². The van der Waals surface area contributed by atoms with E-state index in [2.05, 4.69) is 229 Å². The van der Waals surface area contributed by atoms with Gasteiger partial charge in [-0.2, -0.15) is 0 Å². The lowest BCUT2D eigenvalue weighted by Crippen LogP contribution is -2.13. The van der Waals surface area contributed by atoms with E-state index in [1.807, 2.05) is 0 Å². The molecule has 2 nitrogen and oxygen atoms in total. The lowest BCUT2D eigenvalue weighted by molar-refractivity contribution is 0.740. The Morgan fingerprint density at radius 2 is 1.29 bits per heavy atom. The Morgan fingerprint density at radius 1 is 0.625 bits per heavy atom. The van der Waals surface area contributed by atoms with Gasteiger partial charge in [0.05, 0.1) is 11.0 Å². The number of benzene rings is 7. The number of rotatable bonds is 11. The standard InChI is InChI=1S/C54H46N2/c1-2-17-44(49-26-16-29-53-54(49)50-25-13-15-28-52(50)56(53)46-23-10-5-11-24-46)30-31-45-22-12-14-27-51(45)55(47-36-32-42(33-37-47)40-18-6-3-7-19-40)48-38-34-43(35-39-48)41-20-8-4-9-21-41/h2-20,22-29,32-39,41,44H,21,30-31H2,1H3/b17-2-. The van der Waals surface area contributed by atoms with E-state index in [-0.39, 0.29) is 5.92 Å². The smallest absolute Gasteiger partial charge is 0.0544 e. The van der Waals surface area contributed by atoms with E-state index in [1.54, 1.807) is 0 Å². The maximum absolute atomic E-state index is 2.45. The van der Waals surface area contributed by atoms with Crippen LogP contribution in [-0.4, -0.2) is 4.57 Å². The molecule has 0 amide bonds. The maximum Gasteiger partial charge on any atom is 0.0544 e. The zero-order valence-corrected chi connectivity index (χ0v) is 31.9. The minimum atomic E-state index is 0.238. The average molecular weight is 723 g/mol. The molecule has 56 heavy (non-hydrogen) atoms. The highest BCUT2D eigenvalue weighted by Crippen LogP contribution is 2.42. The molecule has 0 N–H and O–H groups in total. The normalized spacial score (nSPS) is 14.5. The number of aryl methyl sites for hydroxylation is 1. The second-order valence-corrected chi connectivity index (χ2v) is 14.7. The number of para-hydroxylation sites is 3. The van der Waals surface area contributed by atoms with Gasteiger partial charge >= 0.3 is 0 Å². The summed E-state index contributed by atoms with van der Waals surface area (Å²) in [6, 6.07) is 64.4. The molecule has 2 unspecified atom stereocenters. The van der Waals surface area contributed by atoms with Crippen LogP contribution >= 0.6 is 0 Å². The molecule has 0 fully saturated rings. The SMILES string of the molecule is C/C=C\C(CCc1ccccc1N(c1ccc(-c2ccccc2)cc1)c1ccc(C2C=CC=CC2)cc1)c1cccc2c1c1ccccc1n2-c1ccccc1. The van der Waals surface area contributed by atoms with E-state index in [0.717, 1.165) is 30.6 Å². The molecule has 0 saturated heterocycles. The van der Waals surface area contributed by atoms with Crippen molar-refractivity contribution in [3.8, 4) is 16.8 Å². The Morgan fingerprint density at radius 3 is 2.04 bits per heavy atom. The predicted octanol–water partition coefficient (Wildman–Crippen LogP) is 14.8. The van der Waals surface area contributed by atoms with E-state index in [1.165, 1.54) is 61.0 Å². The van der Waals surface area contributed by atoms with Crippen molar-refractivity contribution >= 4 is 38.9 Å². The van der Waals surface area contributed by atoms with Gasteiger partial charge in [-0.25, -0.2) is 0 Å². The first-order valence-electron chi connectivity index (χ1n) is 19.9. The Balaban J connectivity index is 1.10. The van der Waals surface area contributed by atoms with Gasteiger partial charge in [-0.05, 0) is 109 Å². The fraction of sp³-hybridized carbons (Fsp3) is 0.111. The third kappa shape index (κ3) is 6.91. The van der Waals surface area contributed by atoms with E-state index in [9.17, 15) is 0 Å². The van der Waals surface area contributed by atoms with Crippen LogP contribution in [0.1, 0.15) is 48.3 Å². The van der Waals surface area contributed by atoms with Gasteiger partial charge in [0.15, 0.2) is 0 Å². The van der Waals surface area contributed by atoms with Crippen molar-refractivity contribution in [1.82, 2.24) is 4.57 Å². The molecular formula is C54H46N2. The average Bonchev–Trinajstić information content (AvgIpc) is 3.62. The van der Waals surface area contributed by atoms with Gasteiger partial charge in [0.1, 0.15) is 0 Å². The first-order valence-corrected chi connectivity index (χ1v) is 19.9. The van der Waals surface area contributed by atoms with Crippen molar-refractivity contribution in [1.29, 1.82) is 0 Å². The predicted molar refractivity (Wildman–Crippen MR) is 239 cm³/mol. The second-order valence-electron chi connectivity index (χ2n) is 14.7. The number of hydrogen-bond acceptors (Lipinski definition) is 1. The molecule has 0 radical (unpaired) electrons. The molecule has 2 atom stereocenters. The fourth-order valence-electron chi connectivity index (χ4n) is 8.61. The molecule has 1 aromatic heterocycles. The number of hydrogen-bond donors (Lipinski definition) is 0. The van der Waals surface area contributed by atoms with Crippen LogP contribution in [0.3, 0.4) is 0 Å². The molecule has 0 spiro atoms. The van der Waals surface area contributed by atoms with Gasteiger partial charge < -0.3 is 9.47 Å². The molecule has 2 heteroatoms. The molecule has 0 saturated carbocycles. The minimum Gasteiger partial charge on any atom is -0.310 e. The number of nitrogens with zero attached hydrogens (tertiary/aromatic N) is 2. The summed E-state index contributed by atoms with van der Waals surface area (Å²) in [6.45, 7) is 2.15. The summed E-state index contributed by atoms with van der Waals surface area (Å²) in [5.41, 5.74) is 13.7. The summed E-state index contributed by atoms with van der Waals surface area (Å²) < 4.78 is 2.42. The Kier molecular flexibility index (Phi) is 10.0. The molecular weight excluding hydrogens is 677 g/mol. The number of fused-ring (bicyclic) bond motifs is 3. The van der Waals surface area contributed by atoms with Crippen LogP contribution in [0.15, 0.2) is 212 Å². The molecule has 0 bridgehead atoms. The van der Waals surface area contributed by atoms with Crippen molar-refractivity contribution in [3.63, 3.8) is 0 Å². The topological polar surface area (TPSA) is 8.17 Å². The number of aromatic nitrogens is 1. The third-order valence-corrected chi connectivity index (χ3v) is 11.3. The minimum absolute atomic E-state index is 0.238. The van der Waals surface area contributed by atoms with Crippen molar-refractivity contribution in [2.75, 3.05) is 4.90 Å². The van der Waals surface area contributed by atoms with Gasteiger partial charge in [0.25, 0.3) is 0 Å². The summed E-state index contributed by atoms with van der Waals surface area (Å²) in [4.78, 5) is 2.45. The fourth-order valence-corrected chi connectivity index (χ4v) is 8.61. The van der Waals surface area contributed by atoms with E-state index in [4.69, 9.17) is 0 Å². The van der Waals surface area contributed by atoms with Crippen LogP contribution in [0.25, 0.3) is 38.6 Å². The molecule has 8 aromatic rings. The van der Waals surface area contributed by atoms with Gasteiger partial charge in [-0.3, -0.25) is 0 Å². The summed E-state index contributed by atoms with van der Waals surface area (Å²) >= 11 is 0. The highest BCUT2D eigenvalue weighted by Gasteiger charge is 2.21. The zero-order valence-electron chi connectivity index (χ0n) is 31.9. The van der Waals surface area contributed by atoms with Crippen molar-refractivity contribution in [2.24, 2.45) is 0 Å². The lowest BCUT2D eigenvalue weighted by atomic mass is 9.88. The molecule has 272 valence electrons. The summed E-state index contributed by atoms with van der Waals surface area (Å²) in [5, 5.41) is 2.64. The molecule has 1 heterocycles. The van der Waals surface area contributed by atoms with Crippen LogP contribution in [0, 0.1) is 0 Å². The first-order chi connectivity index (χ1) is 27.8. The van der Waals surface area contributed by atoms with Gasteiger partial charge in [-0.15, -0.1) is 0 Å². The maximum atomic E-state index is 2.45. The molecule has 1 aliphatic carbocycles. The highest BCUT2D eigenvalue weighted by atomic mass is 15.1. The Hall–Kier alpha value is -6.64. The van der Waals surface area contributed by atoms with Crippen molar-refractivity contribution < 1.29 is 0 Å². The zero-order chi connectivity index (χ0) is 37.7. The number of anilines is 3. The highest BCUT2D eigenvalue weighted by molar-refractivity contribution is 6.11. The largest absolute Gasteiger partial charge is 0.310 e. The quantitative estimate of drug-likeness (QED) is 0.121. The van der Waals surface area contributed by atoms with Crippen molar-refractivity contribution in [3.05, 3.63) is 229 Å². The number of allylic oxidation sites excluding steroid dienone is 6. The molecule has 0 aliphatic heterocycles. The van der Waals surface area contributed by atoms with Crippen LogP contribution < -0.4 is 4.90 Å². The molecule has 1 aliphatic rings. The Bertz CT molecular complexity index is 2660. The van der Waals surface area contributed by atoms with Gasteiger partial charge in [0.2, 0.25) is 0 Å². The monoisotopic (exact) mass is 722 g/mol. The van der Waals surface area contributed by atoms with Gasteiger partial charge in [0, 0.05) is 45.4 Å². The van der Waals surface area contributed by atoms with E-state index < -0.39 is 0 Å². The molecule has 7 aromatic carbocycles. The van der Waals surface area contributed by atoms with Crippen LogP contribution in [0.4, 0.5) is 17.1 Å². The summed E-state index contributed by atoms with van der Waals surface area (Å²) in [6.07, 6.45) is 16.5. The Labute approximate surface area is 331 Å². The van der Waals surface area contributed by atoms with E-state index in [0.29, 0.717) is 5.92 Å². The summed E-state index contributed by atoms with van der Waals surface area (Å²) in [5.74, 6) is 0.650. The van der Waals surface area contributed by atoms with Crippen LogP contribution in [0.5, 0.6) is 0 Å². The van der Waals surface area contributed by atoms with Gasteiger partial charge in [-0.1, -0.05) is 158 Å². The van der Waals surface area contributed by atoms with Crippen molar-refractivity contribution in [2.45, 2.75) is 38.0 Å².